The van der Waals surface area contributed by atoms with E-state index in [9.17, 15) is 87.8 Å². The summed E-state index contributed by atoms with van der Waals surface area (Å²) in [6.45, 7) is 13.8. The SMILES string of the molecule is CCP(CC)[c-]1c(C)cc2ccccc21.CCP(CC)[c-]1c(C)cc2ccccc21.Fc1c(F)c(F)c([B]c2c(F)c(F)c(F)c(F)c2F)c(F)c1F.Fc1c(F)c(F)c([B]c2c(F)c(F)c(F)c(F)c2F)c(F)c1F.[C-]1=CC=CC1.[C-]1=CC=CC1.[Cl-].[Cl-].[Zr+2].[Zr+2]. The minimum atomic E-state index is -2.55. The zero-order chi connectivity index (χ0) is 64.0. The molecule has 0 atom stereocenters. The second-order valence-electron chi connectivity index (χ2n) is 18.1. The van der Waals surface area contributed by atoms with E-state index in [-0.39, 0.29) is 108 Å². The maximum absolute atomic E-state index is 13.4. The number of hydrogen-bond acceptors (Lipinski definition) is 0. The molecule has 0 fully saturated rings. The first kappa shape index (κ1) is 83.4. The Labute approximate surface area is 561 Å². The van der Waals surface area contributed by atoms with E-state index in [1.54, 1.807) is 10.6 Å². The molecule has 0 nitrogen and oxygen atoms in total. The minimum absolute atomic E-state index is 0. The van der Waals surface area contributed by atoms with E-state index >= 15 is 0 Å². The van der Waals surface area contributed by atoms with Gasteiger partial charge in [-0.05, 0) is 46.5 Å². The third-order valence-corrected chi connectivity index (χ3v) is 18.3. The molecule has 10 rings (SSSR count). The first-order chi connectivity index (χ1) is 40.7. The van der Waals surface area contributed by atoms with Crippen LogP contribution in [0.5, 0.6) is 0 Å². The Morgan fingerprint density at radius 3 is 0.744 bits per heavy atom. The van der Waals surface area contributed by atoms with Gasteiger partial charge in [-0.3, -0.25) is 12.2 Å². The predicted molar refractivity (Wildman–Crippen MR) is 302 cm³/mol. The summed E-state index contributed by atoms with van der Waals surface area (Å²) in [4.78, 5) is 0. The Bertz CT molecular complexity index is 3350. The number of aryl methyl sites for hydroxylation is 2. The average Bonchev–Trinajstić information content (AvgIpc) is 1.31. The first-order valence-electron chi connectivity index (χ1n) is 25.7. The van der Waals surface area contributed by atoms with Gasteiger partial charge in [0.15, 0.2) is 116 Å². The third kappa shape index (κ3) is 19.3. The number of halogens is 22. The van der Waals surface area contributed by atoms with Gasteiger partial charge in [-0.15, -0.1) is 108 Å². The van der Waals surface area contributed by atoms with Crippen LogP contribution in [0.2, 0.25) is 0 Å². The van der Waals surface area contributed by atoms with Gasteiger partial charge in [0.05, 0.1) is 0 Å². The van der Waals surface area contributed by atoms with E-state index in [1.807, 2.05) is 24.3 Å². The molecule has 2 radical (unpaired) electrons. The van der Waals surface area contributed by atoms with Gasteiger partial charge < -0.3 is 24.8 Å². The summed E-state index contributed by atoms with van der Waals surface area (Å²) in [6, 6.07) is 22.3. The quantitative estimate of drug-likeness (QED) is 0.0320. The molecule has 8 aromatic carbocycles. The van der Waals surface area contributed by atoms with Crippen molar-refractivity contribution in [2.75, 3.05) is 24.6 Å². The molecule has 90 heavy (non-hydrogen) atoms. The largest absolute Gasteiger partial charge is 2.00 e. The van der Waals surface area contributed by atoms with E-state index in [1.165, 1.54) is 57.3 Å². The summed E-state index contributed by atoms with van der Waals surface area (Å²) < 4.78 is 262. The van der Waals surface area contributed by atoms with Crippen molar-refractivity contribution in [3.05, 3.63) is 237 Å². The van der Waals surface area contributed by atoms with Gasteiger partial charge in [-0.25, -0.2) is 112 Å². The fourth-order valence-electron chi connectivity index (χ4n) is 8.59. The number of hydrogen-bond donors (Lipinski definition) is 0. The molecule has 28 heteroatoms. The molecule has 0 saturated heterocycles. The van der Waals surface area contributed by atoms with E-state index in [0.29, 0.717) is 0 Å². The predicted octanol–water partition coefficient (Wildman–Crippen LogP) is 10.1. The monoisotopic (exact) mass is 1500 g/mol. The molecule has 0 spiro atoms. The Hall–Kier alpha value is -4.56. The van der Waals surface area contributed by atoms with Crippen LogP contribution in [0.3, 0.4) is 0 Å². The van der Waals surface area contributed by atoms with Gasteiger partial charge in [0.2, 0.25) is 14.6 Å². The normalized spacial score (nSPS) is 11.4. The molecule has 2 aliphatic carbocycles. The van der Waals surface area contributed by atoms with E-state index in [2.05, 4.69) is 127 Å². The molecule has 0 heterocycles. The number of rotatable bonds is 10. The van der Waals surface area contributed by atoms with Crippen LogP contribution in [-0.2, 0) is 52.4 Å². The topological polar surface area (TPSA) is 0 Å². The standard InChI is InChI=1S/2C14H18P.2C12BF10.2C5H5.2ClH.2Zr/c2*1-4-15(5-2)14-11(3)10-12-8-6-7-9-13(12)14;2*14-3-1(4(15)8(19)11(22)7(3)18)13-2-5(16)9(20)12(23)10(21)6(2)17;2*1-2-4-5-3-1;;;;/h2*6-10H,4-5H2,1-3H3;;;2*1-3H,4H2;2*1H;;/q2*-1;;;2*-1;;;2*+2/p-2. The molecule has 0 unspecified atom stereocenters. The van der Waals surface area contributed by atoms with Gasteiger partial charge in [-0.1, -0.05) is 53.7 Å². The van der Waals surface area contributed by atoms with Gasteiger partial charge in [-0.2, -0.15) is 24.3 Å². The van der Waals surface area contributed by atoms with Crippen molar-refractivity contribution in [1.29, 1.82) is 0 Å². The molecule has 474 valence electrons. The minimum Gasteiger partial charge on any atom is -1.00 e. The van der Waals surface area contributed by atoms with Crippen LogP contribution >= 0.6 is 15.8 Å². The Morgan fingerprint density at radius 1 is 0.356 bits per heavy atom. The van der Waals surface area contributed by atoms with Crippen LogP contribution < -0.4 is 57.3 Å². The Balaban J connectivity index is 0.000000567. The second-order valence-corrected chi connectivity index (χ2v) is 23.7. The molecule has 0 bridgehead atoms. The molecular weight excluding hydrogens is 1460 g/mol. The van der Waals surface area contributed by atoms with Crippen molar-refractivity contribution < 1.29 is 165 Å². The number of allylic oxidation sites excluding steroid dienone is 8. The average molecular weight is 1510 g/mol. The number of fused-ring (bicyclic) bond motifs is 2. The van der Waals surface area contributed by atoms with Crippen LogP contribution in [0, 0.1) is 142 Å². The maximum Gasteiger partial charge on any atom is 2.00 e. The van der Waals surface area contributed by atoms with Crippen LogP contribution in [0.15, 0.2) is 97.1 Å². The van der Waals surface area contributed by atoms with Gasteiger partial charge in [0.25, 0.3) is 0 Å². The van der Waals surface area contributed by atoms with Gasteiger partial charge in [0, 0.05) is 0 Å². The van der Waals surface area contributed by atoms with Crippen molar-refractivity contribution in [2.45, 2.75) is 54.4 Å². The van der Waals surface area contributed by atoms with Crippen LogP contribution in [0.4, 0.5) is 87.8 Å². The first-order valence-corrected chi connectivity index (χ1v) is 29.1. The summed E-state index contributed by atoms with van der Waals surface area (Å²) in [6.07, 6.45) is 25.2. The fourth-order valence-corrected chi connectivity index (χ4v) is 13.0. The van der Waals surface area contributed by atoms with E-state index in [0.717, 1.165) is 12.8 Å². The van der Waals surface area contributed by atoms with Crippen molar-refractivity contribution in [1.82, 2.24) is 0 Å². The van der Waals surface area contributed by atoms with Crippen molar-refractivity contribution in [3.63, 3.8) is 0 Å². The van der Waals surface area contributed by atoms with E-state index in [4.69, 9.17) is 0 Å². The smallest absolute Gasteiger partial charge is 1.00 e. The summed E-state index contributed by atoms with van der Waals surface area (Å²) in [5.74, 6) is -49.7. The van der Waals surface area contributed by atoms with Crippen LogP contribution in [-0.4, -0.2) is 39.2 Å². The van der Waals surface area contributed by atoms with Crippen LogP contribution in [0.1, 0.15) is 51.7 Å². The summed E-state index contributed by atoms with van der Waals surface area (Å²) in [5, 5.41) is 9.10. The molecule has 0 saturated carbocycles. The summed E-state index contributed by atoms with van der Waals surface area (Å²) in [5.41, 5.74) is -4.44. The second kappa shape index (κ2) is 38.6. The molecular formula is C62H46B2Cl2F20P2Zr2-2. The molecule has 0 N–H and O–H groups in total. The Kier molecular flexibility index (Phi) is 35.8. The summed E-state index contributed by atoms with van der Waals surface area (Å²) in [7, 11) is -0.607. The number of benzene rings is 6. The summed E-state index contributed by atoms with van der Waals surface area (Å²) >= 11 is 0. The molecule has 0 aromatic heterocycles. The Morgan fingerprint density at radius 2 is 0.567 bits per heavy atom. The molecule has 0 aliphatic heterocycles. The zero-order valence-corrected chi connectivity index (χ0v) is 56.1. The zero-order valence-electron chi connectivity index (χ0n) is 47.8. The maximum atomic E-state index is 13.4. The third-order valence-electron chi connectivity index (χ3n) is 12.8. The van der Waals surface area contributed by atoms with E-state index < -0.39 is 138 Å². The van der Waals surface area contributed by atoms with Gasteiger partial charge in [0.1, 0.15) is 0 Å². The van der Waals surface area contributed by atoms with Crippen molar-refractivity contribution in [2.24, 2.45) is 0 Å². The van der Waals surface area contributed by atoms with Crippen LogP contribution in [0.25, 0.3) is 21.5 Å². The van der Waals surface area contributed by atoms with Crippen molar-refractivity contribution >= 4 is 84.4 Å². The molecule has 2 aliphatic rings. The fraction of sp³-hybridized carbons (Fsp3) is 0.194. The molecule has 8 aromatic rings. The van der Waals surface area contributed by atoms with Gasteiger partial charge >= 0.3 is 52.4 Å². The molecule has 0 amide bonds. The van der Waals surface area contributed by atoms with Crippen molar-refractivity contribution in [3.8, 4) is 0 Å².